The van der Waals surface area contributed by atoms with Crippen LogP contribution in [0, 0.1) is 5.82 Å². The summed E-state index contributed by atoms with van der Waals surface area (Å²) >= 11 is 1.55. The van der Waals surface area contributed by atoms with E-state index >= 15 is 0 Å². The van der Waals surface area contributed by atoms with E-state index in [1.54, 1.807) is 36.5 Å². The zero-order valence-corrected chi connectivity index (χ0v) is 14.3. The molecule has 5 nitrogen and oxygen atoms in total. The Bertz CT molecular complexity index is 920. The number of hydrogen-bond donors (Lipinski definition) is 1. The molecule has 1 amide bonds. The molecule has 25 heavy (non-hydrogen) atoms. The van der Waals surface area contributed by atoms with Crippen molar-refractivity contribution in [2.45, 2.75) is 19.5 Å². The average Bonchev–Trinajstić information content (AvgIpc) is 3.14. The van der Waals surface area contributed by atoms with Crippen LogP contribution in [0.1, 0.15) is 17.8 Å². The Morgan fingerprint density at radius 3 is 2.68 bits per heavy atom. The number of carbonyl (C=O) groups is 1. The average molecular weight is 357 g/mol. The van der Waals surface area contributed by atoms with Gasteiger partial charge in [0.05, 0.1) is 12.2 Å². The van der Waals surface area contributed by atoms with Crippen LogP contribution < -0.4 is 10.9 Å². The van der Waals surface area contributed by atoms with Crippen LogP contribution in [0.5, 0.6) is 0 Å². The Kier molecular flexibility index (Phi) is 5.04. The van der Waals surface area contributed by atoms with Crippen LogP contribution in [0.15, 0.2) is 58.7 Å². The Morgan fingerprint density at radius 2 is 2.00 bits per heavy atom. The molecule has 0 spiro atoms. The molecule has 1 unspecified atom stereocenters. The van der Waals surface area contributed by atoms with Gasteiger partial charge in [0.2, 0.25) is 5.91 Å². The summed E-state index contributed by atoms with van der Waals surface area (Å²) in [4.78, 5) is 25.5. The summed E-state index contributed by atoms with van der Waals surface area (Å²) in [6.45, 7) is 2.03. The van der Waals surface area contributed by atoms with Crippen LogP contribution in [-0.2, 0) is 11.3 Å². The SMILES string of the molecule is CC(C(=O)NCc1cccs1)n1nc(-c2ccc(F)cc2)ccc1=O. The second kappa shape index (κ2) is 7.40. The Balaban J connectivity index is 1.80. The van der Waals surface area contributed by atoms with Crippen molar-refractivity contribution in [2.24, 2.45) is 0 Å². The summed E-state index contributed by atoms with van der Waals surface area (Å²) in [5, 5.41) is 8.99. The third-order valence-corrected chi connectivity index (χ3v) is 4.60. The summed E-state index contributed by atoms with van der Waals surface area (Å²) in [7, 11) is 0. The molecule has 1 atom stereocenters. The highest BCUT2D eigenvalue weighted by molar-refractivity contribution is 7.09. The highest BCUT2D eigenvalue weighted by Gasteiger charge is 2.18. The normalized spacial score (nSPS) is 11.9. The second-order valence-corrected chi connectivity index (χ2v) is 6.51. The minimum Gasteiger partial charge on any atom is -0.349 e. The van der Waals surface area contributed by atoms with Gasteiger partial charge in [-0.2, -0.15) is 5.10 Å². The van der Waals surface area contributed by atoms with Crippen LogP contribution in [0.4, 0.5) is 4.39 Å². The topological polar surface area (TPSA) is 64.0 Å². The van der Waals surface area contributed by atoms with Gasteiger partial charge in [-0.15, -0.1) is 11.3 Å². The first kappa shape index (κ1) is 17.0. The largest absolute Gasteiger partial charge is 0.349 e. The van der Waals surface area contributed by atoms with E-state index in [0.29, 0.717) is 17.8 Å². The number of benzene rings is 1. The molecule has 0 saturated carbocycles. The van der Waals surface area contributed by atoms with Gasteiger partial charge in [-0.1, -0.05) is 6.07 Å². The van der Waals surface area contributed by atoms with Crippen LogP contribution >= 0.6 is 11.3 Å². The molecular weight excluding hydrogens is 341 g/mol. The predicted molar refractivity (Wildman–Crippen MR) is 94.8 cm³/mol. The fraction of sp³-hybridized carbons (Fsp3) is 0.167. The Labute approximate surface area is 147 Å². The van der Waals surface area contributed by atoms with E-state index in [-0.39, 0.29) is 17.3 Å². The monoisotopic (exact) mass is 357 g/mol. The molecule has 1 aromatic carbocycles. The molecule has 0 fully saturated rings. The summed E-state index contributed by atoms with van der Waals surface area (Å²) in [6.07, 6.45) is 0. The van der Waals surface area contributed by atoms with Crippen LogP contribution in [0.2, 0.25) is 0 Å². The molecule has 128 valence electrons. The van der Waals surface area contributed by atoms with Crippen LogP contribution in [0.25, 0.3) is 11.3 Å². The van der Waals surface area contributed by atoms with E-state index in [1.165, 1.54) is 18.2 Å². The van der Waals surface area contributed by atoms with Crippen molar-refractivity contribution in [3.63, 3.8) is 0 Å². The van der Waals surface area contributed by atoms with Gasteiger partial charge in [-0.05, 0) is 48.7 Å². The minimum atomic E-state index is -0.757. The molecule has 0 radical (unpaired) electrons. The summed E-state index contributed by atoms with van der Waals surface area (Å²) in [6, 6.07) is 11.8. The number of nitrogens with one attached hydrogen (secondary N) is 1. The lowest BCUT2D eigenvalue weighted by Crippen LogP contribution is -2.36. The second-order valence-electron chi connectivity index (χ2n) is 5.48. The van der Waals surface area contributed by atoms with Gasteiger partial charge in [0, 0.05) is 16.5 Å². The van der Waals surface area contributed by atoms with Crippen molar-refractivity contribution < 1.29 is 9.18 Å². The van der Waals surface area contributed by atoms with E-state index in [9.17, 15) is 14.0 Å². The van der Waals surface area contributed by atoms with Crippen molar-refractivity contribution in [1.29, 1.82) is 0 Å². The van der Waals surface area contributed by atoms with E-state index in [1.807, 2.05) is 17.5 Å². The Morgan fingerprint density at radius 1 is 1.24 bits per heavy atom. The molecule has 3 rings (SSSR count). The molecule has 0 aliphatic rings. The van der Waals surface area contributed by atoms with Gasteiger partial charge in [-0.3, -0.25) is 9.59 Å². The predicted octanol–water partition coefficient (Wildman–Crippen LogP) is 2.99. The quantitative estimate of drug-likeness (QED) is 0.763. The number of rotatable bonds is 5. The number of halogens is 1. The first-order valence-electron chi connectivity index (χ1n) is 7.70. The van der Waals surface area contributed by atoms with Crippen LogP contribution in [-0.4, -0.2) is 15.7 Å². The Hall–Kier alpha value is -2.80. The highest BCUT2D eigenvalue weighted by Crippen LogP contribution is 2.16. The van der Waals surface area contributed by atoms with E-state index in [2.05, 4.69) is 10.4 Å². The third kappa shape index (κ3) is 4.00. The molecule has 2 aromatic heterocycles. The van der Waals surface area contributed by atoms with Crippen molar-refractivity contribution in [2.75, 3.05) is 0 Å². The molecule has 0 bridgehead atoms. The van der Waals surface area contributed by atoms with Gasteiger partial charge in [0.25, 0.3) is 5.56 Å². The zero-order chi connectivity index (χ0) is 17.8. The summed E-state index contributed by atoms with van der Waals surface area (Å²) in [5.74, 6) is -0.641. The van der Waals surface area contributed by atoms with Gasteiger partial charge in [-0.25, -0.2) is 9.07 Å². The highest BCUT2D eigenvalue weighted by atomic mass is 32.1. The molecule has 0 aliphatic carbocycles. The summed E-state index contributed by atoms with van der Waals surface area (Å²) < 4.78 is 14.2. The first-order valence-corrected chi connectivity index (χ1v) is 8.58. The number of carbonyl (C=O) groups excluding carboxylic acids is 1. The smallest absolute Gasteiger partial charge is 0.267 e. The first-order chi connectivity index (χ1) is 12.0. The van der Waals surface area contributed by atoms with Gasteiger partial charge in [0.1, 0.15) is 11.9 Å². The van der Waals surface area contributed by atoms with Crippen LogP contribution in [0.3, 0.4) is 0 Å². The lowest BCUT2D eigenvalue weighted by molar-refractivity contribution is -0.124. The van der Waals surface area contributed by atoms with E-state index in [4.69, 9.17) is 0 Å². The molecule has 0 saturated heterocycles. The molecular formula is C18H16FN3O2S. The number of hydrogen-bond acceptors (Lipinski definition) is 4. The number of thiophene rings is 1. The minimum absolute atomic E-state index is 0.292. The fourth-order valence-corrected chi connectivity index (χ4v) is 2.97. The maximum absolute atomic E-state index is 13.1. The van der Waals surface area contributed by atoms with Gasteiger partial charge in [0.15, 0.2) is 0 Å². The van der Waals surface area contributed by atoms with Crippen molar-refractivity contribution in [1.82, 2.24) is 15.1 Å². The zero-order valence-electron chi connectivity index (χ0n) is 13.5. The van der Waals surface area contributed by atoms with Crippen molar-refractivity contribution >= 4 is 17.2 Å². The van der Waals surface area contributed by atoms with Crippen molar-refractivity contribution in [3.05, 3.63) is 75.0 Å². The summed E-state index contributed by atoms with van der Waals surface area (Å²) in [5.41, 5.74) is 0.795. The van der Waals surface area contributed by atoms with Crippen molar-refractivity contribution in [3.8, 4) is 11.3 Å². The number of amides is 1. The van der Waals surface area contributed by atoms with E-state index < -0.39 is 6.04 Å². The van der Waals surface area contributed by atoms with E-state index in [0.717, 1.165) is 9.56 Å². The molecule has 7 heteroatoms. The number of nitrogens with zero attached hydrogens (tertiary/aromatic N) is 2. The lowest BCUT2D eigenvalue weighted by Gasteiger charge is -2.14. The third-order valence-electron chi connectivity index (χ3n) is 3.73. The van der Waals surface area contributed by atoms with Gasteiger partial charge >= 0.3 is 0 Å². The molecule has 1 N–H and O–H groups in total. The molecule has 3 aromatic rings. The maximum atomic E-state index is 13.1. The number of aromatic nitrogens is 2. The van der Waals surface area contributed by atoms with Gasteiger partial charge < -0.3 is 5.32 Å². The molecule has 0 aliphatic heterocycles. The fourth-order valence-electron chi connectivity index (χ4n) is 2.32. The lowest BCUT2D eigenvalue weighted by atomic mass is 10.1. The molecule has 2 heterocycles. The standard InChI is InChI=1S/C18H16FN3O2S/c1-12(18(24)20-11-15-3-2-10-25-15)22-17(23)9-8-16(21-22)13-4-6-14(19)7-5-13/h2-10,12H,11H2,1H3,(H,20,24). The maximum Gasteiger partial charge on any atom is 0.267 e.